The van der Waals surface area contributed by atoms with E-state index in [0.717, 1.165) is 24.8 Å². The molecule has 3 unspecified atom stereocenters. The van der Waals surface area contributed by atoms with Crippen molar-refractivity contribution in [3.8, 4) is 17.2 Å². The van der Waals surface area contributed by atoms with Crippen LogP contribution in [0.15, 0.2) is 54.6 Å². The summed E-state index contributed by atoms with van der Waals surface area (Å²) in [5.41, 5.74) is 2.20. The molecule has 1 saturated carbocycles. The molecule has 1 heterocycles. The minimum absolute atomic E-state index is 0.0705. The van der Waals surface area contributed by atoms with E-state index in [1.807, 2.05) is 18.2 Å². The Morgan fingerprint density at radius 1 is 0.921 bits per heavy atom. The van der Waals surface area contributed by atoms with E-state index in [2.05, 4.69) is 5.32 Å². The highest BCUT2D eigenvalue weighted by Gasteiger charge is 2.28. The second-order valence-corrected chi connectivity index (χ2v) is 10.5. The van der Waals surface area contributed by atoms with Crippen molar-refractivity contribution in [3.63, 3.8) is 0 Å². The number of hydrogen-bond acceptors (Lipinski definition) is 5. The Labute approximate surface area is 234 Å². The van der Waals surface area contributed by atoms with Gasteiger partial charge in [-0.15, -0.1) is 0 Å². The van der Waals surface area contributed by atoms with Gasteiger partial charge in [0.15, 0.2) is 0 Å². The number of benzene rings is 3. The van der Waals surface area contributed by atoms with Crippen molar-refractivity contribution in [1.29, 1.82) is 0 Å². The van der Waals surface area contributed by atoms with Crippen molar-refractivity contribution in [1.82, 2.24) is 5.32 Å². The van der Waals surface area contributed by atoms with Crippen molar-refractivity contribution < 1.29 is 28.9 Å². The highest BCUT2D eigenvalue weighted by Crippen LogP contribution is 2.42. The standard InChI is InChI=1S/C28H24Cl3NO6/c29-21-8-4-17(12-22(21)30)16-1-5-18(11-16)32-27(33)15-2-6-19(7-3-15)37-26-14-25-20(13-23(26)31)24(9-10-36-25)38-28(34)35/h2-4,6-8,12-14,16,18,24H,1,5,9-11H2,(H,32,33)(H,34,35). The first kappa shape index (κ1) is 26.5. The molecule has 1 amide bonds. The average Bonchev–Trinajstić information content (AvgIpc) is 3.35. The summed E-state index contributed by atoms with van der Waals surface area (Å²) in [5, 5.41) is 13.5. The number of carbonyl (C=O) groups is 2. The quantitative estimate of drug-likeness (QED) is 0.289. The Morgan fingerprint density at radius 2 is 1.71 bits per heavy atom. The van der Waals surface area contributed by atoms with Gasteiger partial charge < -0.3 is 24.6 Å². The minimum atomic E-state index is -1.36. The molecule has 3 atom stereocenters. The molecule has 0 radical (unpaired) electrons. The van der Waals surface area contributed by atoms with E-state index in [9.17, 15) is 9.59 Å². The van der Waals surface area contributed by atoms with Gasteiger partial charge in [0.05, 0.1) is 21.7 Å². The van der Waals surface area contributed by atoms with Gasteiger partial charge in [-0.05, 0) is 73.2 Å². The Bertz CT molecular complexity index is 1360. The van der Waals surface area contributed by atoms with E-state index in [4.69, 9.17) is 54.1 Å². The number of fused-ring (bicyclic) bond motifs is 1. The number of rotatable bonds is 6. The van der Waals surface area contributed by atoms with Crippen LogP contribution in [0.25, 0.3) is 0 Å². The minimum Gasteiger partial charge on any atom is -0.493 e. The van der Waals surface area contributed by atoms with E-state index in [1.165, 1.54) is 0 Å². The van der Waals surface area contributed by atoms with Gasteiger partial charge >= 0.3 is 6.16 Å². The monoisotopic (exact) mass is 575 g/mol. The molecule has 0 bridgehead atoms. The fourth-order valence-electron chi connectivity index (χ4n) is 4.93. The molecular weight excluding hydrogens is 553 g/mol. The molecular formula is C28H24Cl3NO6. The van der Waals surface area contributed by atoms with E-state index < -0.39 is 12.3 Å². The van der Waals surface area contributed by atoms with Crippen LogP contribution in [0.2, 0.25) is 15.1 Å². The molecule has 3 aromatic carbocycles. The second-order valence-electron chi connectivity index (χ2n) is 9.31. The van der Waals surface area contributed by atoms with Gasteiger partial charge in [-0.25, -0.2) is 4.79 Å². The lowest BCUT2D eigenvalue weighted by Crippen LogP contribution is -2.32. The van der Waals surface area contributed by atoms with E-state index >= 15 is 0 Å². The SMILES string of the molecule is O=C(O)OC1CCOc2cc(Oc3ccc(C(=O)NC4CCC(c5ccc(Cl)c(Cl)c5)C4)cc3)c(Cl)cc21. The number of carbonyl (C=O) groups excluding carboxylic acids is 1. The lowest BCUT2D eigenvalue weighted by molar-refractivity contribution is 0.0326. The highest BCUT2D eigenvalue weighted by molar-refractivity contribution is 6.42. The number of hydrogen-bond donors (Lipinski definition) is 2. The molecule has 7 nitrogen and oxygen atoms in total. The van der Waals surface area contributed by atoms with Crippen molar-refractivity contribution >= 4 is 46.9 Å². The van der Waals surface area contributed by atoms with Gasteiger partial charge in [-0.1, -0.05) is 40.9 Å². The Kier molecular flexibility index (Phi) is 7.88. The fourth-order valence-corrected chi connectivity index (χ4v) is 5.45. The van der Waals surface area contributed by atoms with Gasteiger partial charge in [0.25, 0.3) is 5.91 Å². The first-order valence-corrected chi connectivity index (χ1v) is 13.3. The number of carboxylic acid groups (broad SMARTS) is 1. The lowest BCUT2D eigenvalue weighted by atomic mass is 9.97. The molecule has 1 fully saturated rings. The summed E-state index contributed by atoms with van der Waals surface area (Å²) >= 11 is 18.6. The molecule has 1 aliphatic heterocycles. The highest BCUT2D eigenvalue weighted by atomic mass is 35.5. The zero-order valence-corrected chi connectivity index (χ0v) is 22.4. The molecule has 10 heteroatoms. The first-order chi connectivity index (χ1) is 18.3. The normalized spacial score (nSPS) is 20.2. The van der Waals surface area contributed by atoms with Crippen LogP contribution in [0.1, 0.15) is 59.2 Å². The zero-order valence-electron chi connectivity index (χ0n) is 20.1. The molecule has 2 N–H and O–H groups in total. The lowest BCUT2D eigenvalue weighted by Gasteiger charge is -2.25. The Balaban J connectivity index is 1.20. The second kappa shape index (κ2) is 11.3. The van der Waals surface area contributed by atoms with Gasteiger partial charge in [-0.3, -0.25) is 4.79 Å². The third kappa shape index (κ3) is 5.96. The maximum Gasteiger partial charge on any atom is 0.506 e. The molecule has 38 heavy (non-hydrogen) atoms. The zero-order chi connectivity index (χ0) is 26.8. The summed E-state index contributed by atoms with van der Waals surface area (Å²) in [7, 11) is 0. The summed E-state index contributed by atoms with van der Waals surface area (Å²) in [5.74, 6) is 1.45. The summed E-state index contributed by atoms with van der Waals surface area (Å²) in [6.45, 7) is 0.311. The smallest absolute Gasteiger partial charge is 0.493 e. The molecule has 5 rings (SSSR count). The maximum atomic E-state index is 12.9. The summed E-state index contributed by atoms with van der Waals surface area (Å²) in [6.07, 6.45) is 1.07. The van der Waals surface area contributed by atoms with Crippen LogP contribution in [0, 0.1) is 0 Å². The van der Waals surface area contributed by atoms with Crippen molar-refractivity contribution in [2.24, 2.45) is 0 Å². The average molecular weight is 577 g/mol. The number of ether oxygens (including phenoxy) is 3. The van der Waals surface area contributed by atoms with Gasteiger partial charge in [0.1, 0.15) is 23.4 Å². The van der Waals surface area contributed by atoms with Crippen LogP contribution in [0.5, 0.6) is 17.2 Å². The topological polar surface area (TPSA) is 94.1 Å². The molecule has 0 saturated heterocycles. The number of halogens is 3. The summed E-state index contributed by atoms with van der Waals surface area (Å²) < 4.78 is 16.5. The van der Waals surface area contributed by atoms with E-state index in [1.54, 1.807) is 36.4 Å². The number of nitrogens with one attached hydrogen (secondary N) is 1. The summed E-state index contributed by atoms with van der Waals surface area (Å²) in [6, 6.07) is 15.7. The van der Waals surface area contributed by atoms with Crippen LogP contribution in [-0.2, 0) is 4.74 Å². The molecule has 0 spiro atoms. The fraction of sp³-hybridized carbons (Fsp3) is 0.286. The van der Waals surface area contributed by atoms with Crippen molar-refractivity contribution in [2.45, 2.75) is 43.7 Å². The summed E-state index contributed by atoms with van der Waals surface area (Å²) in [4.78, 5) is 23.8. The largest absolute Gasteiger partial charge is 0.506 e. The Morgan fingerprint density at radius 3 is 2.45 bits per heavy atom. The van der Waals surface area contributed by atoms with Crippen LogP contribution >= 0.6 is 34.8 Å². The van der Waals surface area contributed by atoms with Crippen molar-refractivity contribution in [2.75, 3.05) is 6.61 Å². The van der Waals surface area contributed by atoms with Crippen LogP contribution < -0.4 is 14.8 Å². The van der Waals surface area contributed by atoms with Crippen molar-refractivity contribution in [3.05, 3.63) is 86.4 Å². The molecule has 198 valence electrons. The predicted octanol–water partition coefficient (Wildman–Crippen LogP) is 8.02. The number of amides is 1. The molecule has 2 aliphatic rings. The third-order valence-electron chi connectivity index (χ3n) is 6.82. The van der Waals surface area contributed by atoms with Crippen LogP contribution in [0.4, 0.5) is 4.79 Å². The van der Waals surface area contributed by atoms with Gasteiger partial charge in [0, 0.05) is 29.7 Å². The van der Waals surface area contributed by atoms with Crippen LogP contribution in [0.3, 0.4) is 0 Å². The van der Waals surface area contributed by atoms with E-state index in [0.29, 0.717) is 57.4 Å². The predicted molar refractivity (Wildman–Crippen MR) is 144 cm³/mol. The Hall–Kier alpha value is -3.13. The molecule has 0 aromatic heterocycles. The molecule has 1 aliphatic carbocycles. The van der Waals surface area contributed by atoms with E-state index in [-0.39, 0.29) is 17.0 Å². The van der Waals surface area contributed by atoms with Gasteiger partial charge in [0.2, 0.25) is 0 Å². The first-order valence-electron chi connectivity index (χ1n) is 12.2. The van der Waals surface area contributed by atoms with Crippen LogP contribution in [-0.4, -0.2) is 29.8 Å². The third-order valence-corrected chi connectivity index (χ3v) is 7.85. The molecule has 3 aromatic rings. The maximum absolute atomic E-state index is 12.9. The van der Waals surface area contributed by atoms with Gasteiger partial charge in [-0.2, -0.15) is 0 Å².